The molecular weight excluding hydrogens is 331 g/mol. The Morgan fingerprint density at radius 2 is 1.83 bits per heavy atom. The lowest BCUT2D eigenvalue weighted by Crippen LogP contribution is -2.21. The third-order valence-corrected chi connectivity index (χ3v) is 3.38. The number of amides is 1. The monoisotopic (exact) mass is 350 g/mol. The average Bonchev–Trinajstić information content (AvgIpc) is 2.55. The lowest BCUT2D eigenvalue weighted by Gasteiger charge is -2.10. The summed E-state index contributed by atoms with van der Waals surface area (Å²) in [6.45, 7) is 4.86. The van der Waals surface area contributed by atoms with E-state index in [0.717, 1.165) is 5.75 Å². The molecule has 0 unspecified atom stereocenters. The van der Waals surface area contributed by atoms with Crippen molar-refractivity contribution in [2.45, 2.75) is 13.8 Å². The molecule has 0 aliphatic rings. The molecule has 0 aliphatic carbocycles. The standard InChI is InChI=1S/C18H20ClFN2O2/c1-12(2)11-24-15-6-3-13(4-7-15)22-18(23)10-21-14-5-8-17(20)16(19)9-14/h3-9,12,21H,10-11H2,1-2H3,(H,22,23). The van der Waals surface area contributed by atoms with E-state index in [-0.39, 0.29) is 17.5 Å². The molecule has 24 heavy (non-hydrogen) atoms. The lowest BCUT2D eigenvalue weighted by molar-refractivity contribution is -0.114. The van der Waals surface area contributed by atoms with E-state index >= 15 is 0 Å². The number of benzene rings is 2. The molecule has 2 rings (SSSR count). The fourth-order valence-corrected chi connectivity index (χ4v) is 2.07. The third-order valence-electron chi connectivity index (χ3n) is 3.09. The van der Waals surface area contributed by atoms with Crippen LogP contribution in [0.15, 0.2) is 42.5 Å². The lowest BCUT2D eigenvalue weighted by atomic mass is 10.2. The zero-order valence-corrected chi connectivity index (χ0v) is 14.4. The average molecular weight is 351 g/mol. The summed E-state index contributed by atoms with van der Waals surface area (Å²) in [7, 11) is 0. The van der Waals surface area contributed by atoms with E-state index < -0.39 is 5.82 Å². The maximum atomic E-state index is 13.1. The molecule has 1 amide bonds. The highest BCUT2D eigenvalue weighted by Crippen LogP contribution is 2.19. The summed E-state index contributed by atoms with van der Waals surface area (Å²) in [6.07, 6.45) is 0. The molecule has 4 nitrogen and oxygen atoms in total. The number of carbonyl (C=O) groups excluding carboxylic acids is 1. The summed E-state index contributed by atoms with van der Waals surface area (Å²) < 4.78 is 18.7. The zero-order valence-electron chi connectivity index (χ0n) is 13.6. The predicted molar refractivity (Wildman–Crippen MR) is 95.3 cm³/mol. The Morgan fingerprint density at radius 1 is 1.17 bits per heavy atom. The Morgan fingerprint density at radius 3 is 2.46 bits per heavy atom. The van der Waals surface area contributed by atoms with Crippen LogP contribution in [0.1, 0.15) is 13.8 Å². The van der Waals surface area contributed by atoms with Crippen molar-refractivity contribution in [3.63, 3.8) is 0 Å². The molecule has 0 saturated carbocycles. The first-order valence-corrected chi connectivity index (χ1v) is 8.03. The van der Waals surface area contributed by atoms with Gasteiger partial charge in [-0.25, -0.2) is 4.39 Å². The number of nitrogens with one attached hydrogen (secondary N) is 2. The van der Waals surface area contributed by atoms with Crippen LogP contribution in [0.25, 0.3) is 0 Å². The Kier molecular flexibility index (Phi) is 6.44. The number of halogens is 2. The normalized spacial score (nSPS) is 10.5. The van der Waals surface area contributed by atoms with Gasteiger partial charge in [0.2, 0.25) is 5.91 Å². The maximum absolute atomic E-state index is 13.1. The highest BCUT2D eigenvalue weighted by atomic mass is 35.5. The summed E-state index contributed by atoms with van der Waals surface area (Å²) in [5, 5.41) is 5.67. The summed E-state index contributed by atoms with van der Waals surface area (Å²) in [4.78, 5) is 11.9. The van der Waals surface area contributed by atoms with Crippen molar-refractivity contribution >= 4 is 28.9 Å². The van der Waals surface area contributed by atoms with Crippen LogP contribution >= 0.6 is 11.6 Å². The van der Waals surface area contributed by atoms with Crippen molar-refractivity contribution in [3.8, 4) is 5.75 Å². The molecule has 0 heterocycles. The van der Waals surface area contributed by atoms with Gasteiger partial charge in [-0.3, -0.25) is 4.79 Å². The largest absolute Gasteiger partial charge is 0.493 e. The second-order valence-electron chi connectivity index (χ2n) is 5.76. The SMILES string of the molecule is CC(C)COc1ccc(NC(=O)CNc2ccc(F)c(Cl)c2)cc1. The molecule has 2 aromatic rings. The van der Waals surface area contributed by atoms with Gasteiger partial charge in [0, 0.05) is 11.4 Å². The van der Waals surface area contributed by atoms with Crippen LogP contribution in [-0.2, 0) is 4.79 Å². The van der Waals surface area contributed by atoms with E-state index in [9.17, 15) is 9.18 Å². The molecular formula is C18H20ClFN2O2. The number of hydrogen-bond donors (Lipinski definition) is 2. The predicted octanol–water partition coefficient (Wildman–Crippen LogP) is 4.56. The molecule has 0 aromatic heterocycles. The first-order chi connectivity index (χ1) is 11.4. The van der Waals surface area contributed by atoms with Gasteiger partial charge in [0.15, 0.2) is 0 Å². The van der Waals surface area contributed by atoms with Crippen LogP contribution in [0.4, 0.5) is 15.8 Å². The summed E-state index contributed by atoms with van der Waals surface area (Å²) in [5.74, 6) is 0.508. The van der Waals surface area contributed by atoms with Gasteiger partial charge < -0.3 is 15.4 Å². The van der Waals surface area contributed by atoms with Gasteiger partial charge in [0.1, 0.15) is 11.6 Å². The van der Waals surface area contributed by atoms with E-state index in [2.05, 4.69) is 24.5 Å². The number of hydrogen-bond acceptors (Lipinski definition) is 3. The molecule has 0 saturated heterocycles. The van der Waals surface area contributed by atoms with Crippen LogP contribution in [0.3, 0.4) is 0 Å². The number of ether oxygens (including phenoxy) is 1. The van der Waals surface area contributed by atoms with Crippen molar-refractivity contribution in [3.05, 3.63) is 53.3 Å². The summed E-state index contributed by atoms with van der Waals surface area (Å²) in [6, 6.07) is 11.4. The van der Waals surface area contributed by atoms with Crippen LogP contribution < -0.4 is 15.4 Å². The Hall–Kier alpha value is -2.27. The van der Waals surface area contributed by atoms with Crippen LogP contribution in [0, 0.1) is 11.7 Å². The molecule has 2 aromatic carbocycles. The molecule has 0 atom stereocenters. The third kappa shape index (κ3) is 5.74. The van der Waals surface area contributed by atoms with Gasteiger partial charge >= 0.3 is 0 Å². The zero-order chi connectivity index (χ0) is 17.5. The van der Waals surface area contributed by atoms with Crippen LogP contribution in [0.2, 0.25) is 5.02 Å². The minimum atomic E-state index is -0.494. The van der Waals surface area contributed by atoms with Gasteiger partial charge in [0.05, 0.1) is 18.2 Å². The molecule has 0 spiro atoms. The number of carbonyl (C=O) groups is 1. The summed E-state index contributed by atoms with van der Waals surface area (Å²) >= 11 is 5.69. The topological polar surface area (TPSA) is 50.4 Å². The summed E-state index contributed by atoms with van der Waals surface area (Å²) in [5.41, 5.74) is 1.25. The van der Waals surface area contributed by atoms with Gasteiger partial charge in [0.25, 0.3) is 0 Å². The van der Waals surface area contributed by atoms with Crippen molar-refractivity contribution in [1.29, 1.82) is 0 Å². The number of anilines is 2. The van der Waals surface area contributed by atoms with E-state index in [0.29, 0.717) is 23.9 Å². The van der Waals surface area contributed by atoms with Crippen molar-refractivity contribution < 1.29 is 13.9 Å². The molecule has 2 N–H and O–H groups in total. The maximum Gasteiger partial charge on any atom is 0.243 e. The second-order valence-corrected chi connectivity index (χ2v) is 6.17. The Bertz CT molecular complexity index is 690. The van der Waals surface area contributed by atoms with Crippen LogP contribution in [-0.4, -0.2) is 19.1 Å². The molecule has 128 valence electrons. The molecule has 6 heteroatoms. The first kappa shape index (κ1) is 18.1. The van der Waals surface area contributed by atoms with E-state index in [1.54, 1.807) is 12.1 Å². The van der Waals surface area contributed by atoms with Gasteiger partial charge in [-0.05, 0) is 48.4 Å². The first-order valence-electron chi connectivity index (χ1n) is 7.65. The van der Waals surface area contributed by atoms with Gasteiger partial charge in [-0.2, -0.15) is 0 Å². The molecule has 0 aliphatic heterocycles. The number of rotatable bonds is 7. The minimum absolute atomic E-state index is 0.0115. The van der Waals surface area contributed by atoms with Gasteiger partial charge in [-0.15, -0.1) is 0 Å². The smallest absolute Gasteiger partial charge is 0.243 e. The highest BCUT2D eigenvalue weighted by molar-refractivity contribution is 6.31. The fraction of sp³-hybridized carbons (Fsp3) is 0.278. The second kappa shape index (κ2) is 8.55. The molecule has 0 fully saturated rings. The Balaban J connectivity index is 1.82. The minimum Gasteiger partial charge on any atom is -0.493 e. The van der Waals surface area contributed by atoms with Gasteiger partial charge in [-0.1, -0.05) is 25.4 Å². The molecule has 0 radical (unpaired) electrons. The van der Waals surface area contributed by atoms with Crippen LogP contribution in [0.5, 0.6) is 5.75 Å². The van der Waals surface area contributed by atoms with Crippen molar-refractivity contribution in [2.24, 2.45) is 5.92 Å². The quantitative estimate of drug-likeness (QED) is 0.769. The van der Waals surface area contributed by atoms with E-state index in [4.69, 9.17) is 16.3 Å². The molecule has 0 bridgehead atoms. The van der Waals surface area contributed by atoms with E-state index in [1.165, 1.54) is 18.2 Å². The Labute approximate surface area is 146 Å². The van der Waals surface area contributed by atoms with E-state index in [1.807, 2.05) is 12.1 Å². The van der Waals surface area contributed by atoms with Crippen molar-refractivity contribution in [1.82, 2.24) is 0 Å². The van der Waals surface area contributed by atoms with Crippen molar-refractivity contribution in [2.75, 3.05) is 23.8 Å². The fourth-order valence-electron chi connectivity index (χ4n) is 1.89. The highest BCUT2D eigenvalue weighted by Gasteiger charge is 2.05.